The van der Waals surface area contributed by atoms with E-state index in [1.165, 1.54) is 6.07 Å². The summed E-state index contributed by atoms with van der Waals surface area (Å²) in [5, 5.41) is 0. The number of rotatable bonds is 1. The van der Waals surface area contributed by atoms with Crippen molar-refractivity contribution in [1.82, 2.24) is 4.98 Å². The van der Waals surface area contributed by atoms with Crippen molar-refractivity contribution in [1.29, 1.82) is 0 Å². The summed E-state index contributed by atoms with van der Waals surface area (Å²) >= 11 is 0. The van der Waals surface area contributed by atoms with E-state index in [9.17, 15) is 4.39 Å². The van der Waals surface area contributed by atoms with Crippen LogP contribution in [-0.2, 0) is 0 Å². The molecule has 2 heterocycles. The lowest BCUT2D eigenvalue weighted by Crippen LogP contribution is -2.46. The highest BCUT2D eigenvalue weighted by atomic mass is 19.1. The van der Waals surface area contributed by atoms with E-state index in [1.807, 2.05) is 4.90 Å². The van der Waals surface area contributed by atoms with Crippen LogP contribution in [0.5, 0.6) is 0 Å². The SMILES string of the molecule is CC1CN(c2ncccc2F)C1. The lowest BCUT2D eigenvalue weighted by Gasteiger charge is -2.38. The number of halogens is 1. The second-order valence-electron chi connectivity index (χ2n) is 3.32. The van der Waals surface area contributed by atoms with Crippen molar-refractivity contribution in [3.05, 3.63) is 24.1 Å². The molecule has 1 aliphatic heterocycles. The topological polar surface area (TPSA) is 16.1 Å². The quantitative estimate of drug-likeness (QED) is 0.631. The van der Waals surface area contributed by atoms with Crippen LogP contribution in [0.1, 0.15) is 6.92 Å². The van der Waals surface area contributed by atoms with Crippen LogP contribution >= 0.6 is 0 Å². The van der Waals surface area contributed by atoms with Gasteiger partial charge in [0, 0.05) is 19.3 Å². The zero-order chi connectivity index (χ0) is 8.55. The molecule has 64 valence electrons. The van der Waals surface area contributed by atoms with Gasteiger partial charge in [0.25, 0.3) is 0 Å². The minimum atomic E-state index is -0.218. The van der Waals surface area contributed by atoms with E-state index in [-0.39, 0.29) is 5.82 Å². The Bertz CT molecular complexity index is 282. The maximum atomic E-state index is 13.1. The Balaban J connectivity index is 2.18. The molecule has 1 aliphatic rings. The monoisotopic (exact) mass is 166 g/mol. The molecule has 1 aromatic rings. The summed E-state index contributed by atoms with van der Waals surface area (Å²) in [6.45, 7) is 4.00. The van der Waals surface area contributed by atoms with E-state index in [1.54, 1.807) is 12.3 Å². The van der Waals surface area contributed by atoms with Crippen LogP contribution in [0.25, 0.3) is 0 Å². The number of pyridine rings is 1. The minimum absolute atomic E-state index is 0.218. The predicted octanol–water partition coefficient (Wildman–Crippen LogP) is 1.68. The first-order chi connectivity index (χ1) is 5.77. The molecule has 12 heavy (non-hydrogen) atoms. The summed E-state index contributed by atoms with van der Waals surface area (Å²) in [6.07, 6.45) is 1.63. The van der Waals surface area contributed by atoms with Gasteiger partial charge >= 0.3 is 0 Å². The average Bonchev–Trinajstić information content (AvgIpc) is 2.01. The third kappa shape index (κ3) is 1.15. The molecular formula is C9H11FN2. The Hall–Kier alpha value is -1.12. The Morgan fingerprint density at radius 1 is 1.58 bits per heavy atom. The van der Waals surface area contributed by atoms with Gasteiger partial charge in [-0.05, 0) is 18.1 Å². The third-order valence-electron chi connectivity index (χ3n) is 2.10. The fourth-order valence-corrected chi connectivity index (χ4v) is 1.48. The maximum absolute atomic E-state index is 13.1. The second-order valence-corrected chi connectivity index (χ2v) is 3.32. The fraction of sp³-hybridized carbons (Fsp3) is 0.444. The Morgan fingerprint density at radius 3 is 2.92 bits per heavy atom. The summed E-state index contributed by atoms with van der Waals surface area (Å²) < 4.78 is 13.1. The lowest BCUT2D eigenvalue weighted by atomic mass is 10.0. The fourth-order valence-electron chi connectivity index (χ4n) is 1.48. The van der Waals surface area contributed by atoms with Crippen molar-refractivity contribution in [2.45, 2.75) is 6.92 Å². The highest BCUT2D eigenvalue weighted by Crippen LogP contribution is 2.23. The normalized spacial score (nSPS) is 17.7. The van der Waals surface area contributed by atoms with Crippen molar-refractivity contribution >= 4 is 5.82 Å². The molecule has 0 N–H and O–H groups in total. The smallest absolute Gasteiger partial charge is 0.165 e. The summed E-state index contributed by atoms with van der Waals surface area (Å²) in [7, 11) is 0. The molecule has 0 atom stereocenters. The van der Waals surface area contributed by atoms with Crippen LogP contribution in [0.15, 0.2) is 18.3 Å². The largest absolute Gasteiger partial charge is 0.354 e. The van der Waals surface area contributed by atoms with E-state index < -0.39 is 0 Å². The number of aromatic nitrogens is 1. The molecule has 0 unspecified atom stereocenters. The molecule has 2 nitrogen and oxygen atoms in total. The van der Waals surface area contributed by atoms with Crippen LogP contribution in [0.4, 0.5) is 10.2 Å². The molecule has 0 radical (unpaired) electrons. The molecule has 0 amide bonds. The van der Waals surface area contributed by atoms with Gasteiger partial charge in [-0.2, -0.15) is 0 Å². The number of anilines is 1. The van der Waals surface area contributed by atoms with Gasteiger partial charge in [-0.15, -0.1) is 0 Å². The summed E-state index contributed by atoms with van der Waals surface area (Å²) in [6, 6.07) is 3.06. The van der Waals surface area contributed by atoms with Gasteiger partial charge in [0.15, 0.2) is 11.6 Å². The van der Waals surface area contributed by atoms with E-state index in [0.717, 1.165) is 13.1 Å². The van der Waals surface area contributed by atoms with Crippen molar-refractivity contribution in [3.63, 3.8) is 0 Å². The van der Waals surface area contributed by atoms with E-state index in [2.05, 4.69) is 11.9 Å². The van der Waals surface area contributed by atoms with Gasteiger partial charge in [-0.1, -0.05) is 6.92 Å². The Labute approximate surface area is 71.0 Å². The maximum Gasteiger partial charge on any atom is 0.165 e. The first-order valence-electron chi connectivity index (χ1n) is 4.13. The molecule has 1 fully saturated rings. The van der Waals surface area contributed by atoms with E-state index in [4.69, 9.17) is 0 Å². The van der Waals surface area contributed by atoms with Crippen LogP contribution in [-0.4, -0.2) is 18.1 Å². The number of nitrogens with zero attached hydrogens (tertiary/aromatic N) is 2. The molecule has 3 heteroatoms. The predicted molar refractivity (Wildman–Crippen MR) is 45.6 cm³/mol. The summed E-state index contributed by atoms with van der Waals surface area (Å²) in [5.41, 5.74) is 0. The van der Waals surface area contributed by atoms with Gasteiger partial charge in [-0.3, -0.25) is 0 Å². The number of hydrogen-bond acceptors (Lipinski definition) is 2. The number of hydrogen-bond donors (Lipinski definition) is 0. The standard InChI is InChI=1S/C9H11FN2/c1-7-5-12(6-7)9-8(10)3-2-4-11-9/h2-4,7H,5-6H2,1H3. The first-order valence-corrected chi connectivity index (χ1v) is 4.13. The lowest BCUT2D eigenvalue weighted by molar-refractivity contribution is 0.434. The Kier molecular flexibility index (Phi) is 1.71. The minimum Gasteiger partial charge on any atom is -0.354 e. The van der Waals surface area contributed by atoms with Crippen molar-refractivity contribution in [2.24, 2.45) is 5.92 Å². The van der Waals surface area contributed by atoms with Crippen molar-refractivity contribution in [2.75, 3.05) is 18.0 Å². The van der Waals surface area contributed by atoms with Crippen LogP contribution in [0.3, 0.4) is 0 Å². The van der Waals surface area contributed by atoms with Gasteiger partial charge in [-0.25, -0.2) is 9.37 Å². The Morgan fingerprint density at radius 2 is 2.33 bits per heavy atom. The molecule has 1 saturated heterocycles. The highest BCUT2D eigenvalue weighted by Gasteiger charge is 2.25. The summed E-state index contributed by atoms with van der Waals surface area (Å²) in [5.74, 6) is 0.950. The van der Waals surface area contributed by atoms with Gasteiger partial charge in [0.05, 0.1) is 0 Å². The van der Waals surface area contributed by atoms with Crippen LogP contribution < -0.4 is 4.90 Å². The van der Waals surface area contributed by atoms with E-state index in [0.29, 0.717) is 11.7 Å². The summed E-state index contributed by atoms with van der Waals surface area (Å²) in [4.78, 5) is 5.94. The van der Waals surface area contributed by atoms with Gasteiger partial charge < -0.3 is 4.90 Å². The molecular weight excluding hydrogens is 155 g/mol. The molecule has 0 aliphatic carbocycles. The molecule has 0 aromatic carbocycles. The first kappa shape index (κ1) is 7.53. The average molecular weight is 166 g/mol. The van der Waals surface area contributed by atoms with Gasteiger partial charge in [0.1, 0.15) is 0 Å². The molecule has 0 spiro atoms. The van der Waals surface area contributed by atoms with Crippen molar-refractivity contribution < 1.29 is 4.39 Å². The zero-order valence-corrected chi connectivity index (χ0v) is 7.00. The van der Waals surface area contributed by atoms with Gasteiger partial charge in [0.2, 0.25) is 0 Å². The van der Waals surface area contributed by atoms with Crippen LogP contribution in [0.2, 0.25) is 0 Å². The molecule has 0 saturated carbocycles. The molecule has 1 aromatic heterocycles. The van der Waals surface area contributed by atoms with Crippen LogP contribution in [0, 0.1) is 11.7 Å². The van der Waals surface area contributed by atoms with E-state index >= 15 is 0 Å². The van der Waals surface area contributed by atoms with Crippen molar-refractivity contribution in [3.8, 4) is 0 Å². The third-order valence-corrected chi connectivity index (χ3v) is 2.10. The molecule has 2 rings (SSSR count). The zero-order valence-electron chi connectivity index (χ0n) is 7.00. The molecule has 0 bridgehead atoms. The second kappa shape index (κ2) is 2.73. The highest BCUT2D eigenvalue weighted by molar-refractivity contribution is 5.42.